The Kier molecular flexibility index (Phi) is 5.68. The van der Waals surface area contributed by atoms with Crippen molar-refractivity contribution in [2.24, 2.45) is 0 Å². The zero-order valence-electron chi connectivity index (χ0n) is 14.2. The van der Waals surface area contributed by atoms with Crippen LogP contribution >= 0.6 is 0 Å². The van der Waals surface area contributed by atoms with Crippen LogP contribution < -0.4 is 10.6 Å². The van der Waals surface area contributed by atoms with Gasteiger partial charge in [-0.2, -0.15) is 0 Å². The van der Waals surface area contributed by atoms with E-state index in [1.165, 1.54) is 0 Å². The smallest absolute Gasteiger partial charge is 0.251 e. The summed E-state index contributed by atoms with van der Waals surface area (Å²) in [7, 11) is 0. The molecule has 5 nitrogen and oxygen atoms in total. The second-order valence-electron chi connectivity index (χ2n) is 5.84. The first-order valence-corrected chi connectivity index (χ1v) is 7.98. The molecule has 1 amide bonds. The van der Waals surface area contributed by atoms with Gasteiger partial charge < -0.3 is 10.6 Å². The molecule has 1 heterocycles. The van der Waals surface area contributed by atoms with Gasteiger partial charge in [-0.15, -0.1) is 0 Å². The predicted octanol–water partition coefficient (Wildman–Crippen LogP) is 3.76. The molecule has 0 saturated carbocycles. The molecule has 0 fully saturated rings. The standard InChI is InChI=1S/C18H24N4O/c1-5-7-12(2)19-17(23)15-8-6-9-16(11-15)22-18-20-13(3)10-14(4)21-18/h6,8-12H,5,7H2,1-4H3,(H,19,23)(H,20,21,22)/t12-/m0/s1. The van der Waals surface area contributed by atoms with Gasteiger partial charge in [-0.3, -0.25) is 4.79 Å². The molecule has 1 aromatic carbocycles. The number of hydrogen-bond acceptors (Lipinski definition) is 4. The Hall–Kier alpha value is -2.43. The molecule has 0 aliphatic rings. The third kappa shape index (κ3) is 5.06. The zero-order valence-corrected chi connectivity index (χ0v) is 14.2. The molecule has 23 heavy (non-hydrogen) atoms. The summed E-state index contributed by atoms with van der Waals surface area (Å²) in [6.07, 6.45) is 2.02. The van der Waals surface area contributed by atoms with Crippen LogP contribution in [-0.4, -0.2) is 21.9 Å². The van der Waals surface area contributed by atoms with Crippen molar-refractivity contribution >= 4 is 17.5 Å². The lowest BCUT2D eigenvalue weighted by Crippen LogP contribution is -2.32. The van der Waals surface area contributed by atoms with Crippen LogP contribution in [0.2, 0.25) is 0 Å². The number of nitrogens with one attached hydrogen (secondary N) is 2. The molecule has 2 aromatic rings. The molecule has 2 N–H and O–H groups in total. The average Bonchev–Trinajstić information content (AvgIpc) is 2.46. The van der Waals surface area contributed by atoms with Crippen LogP contribution in [-0.2, 0) is 0 Å². The van der Waals surface area contributed by atoms with E-state index < -0.39 is 0 Å². The van der Waals surface area contributed by atoms with E-state index >= 15 is 0 Å². The SMILES string of the molecule is CCC[C@H](C)NC(=O)c1cccc(Nc2nc(C)cc(C)n2)c1. The van der Waals surface area contributed by atoms with E-state index in [1.807, 2.05) is 51.1 Å². The van der Waals surface area contributed by atoms with Crippen molar-refractivity contribution in [1.82, 2.24) is 15.3 Å². The highest BCUT2D eigenvalue weighted by molar-refractivity contribution is 5.95. The molecular formula is C18H24N4O. The molecule has 0 bridgehead atoms. The van der Waals surface area contributed by atoms with E-state index in [0.717, 1.165) is 29.9 Å². The van der Waals surface area contributed by atoms with Gasteiger partial charge in [0, 0.05) is 28.7 Å². The number of hydrogen-bond donors (Lipinski definition) is 2. The van der Waals surface area contributed by atoms with Crippen molar-refractivity contribution < 1.29 is 4.79 Å². The lowest BCUT2D eigenvalue weighted by molar-refractivity contribution is 0.0938. The summed E-state index contributed by atoms with van der Waals surface area (Å²) >= 11 is 0. The first-order chi connectivity index (χ1) is 11.0. The Bertz CT molecular complexity index is 664. The Morgan fingerprint density at radius 3 is 2.52 bits per heavy atom. The molecule has 2 rings (SSSR count). The predicted molar refractivity (Wildman–Crippen MR) is 93.1 cm³/mol. The van der Waals surface area contributed by atoms with Gasteiger partial charge in [-0.25, -0.2) is 9.97 Å². The van der Waals surface area contributed by atoms with Crippen molar-refractivity contribution in [2.45, 2.75) is 46.6 Å². The van der Waals surface area contributed by atoms with Crippen LogP contribution in [0.5, 0.6) is 0 Å². The van der Waals surface area contributed by atoms with Gasteiger partial charge in [-0.1, -0.05) is 19.4 Å². The van der Waals surface area contributed by atoms with E-state index in [0.29, 0.717) is 11.5 Å². The normalized spacial score (nSPS) is 11.8. The molecule has 0 radical (unpaired) electrons. The van der Waals surface area contributed by atoms with Crippen LogP contribution in [0.15, 0.2) is 30.3 Å². The second kappa shape index (κ2) is 7.72. The quantitative estimate of drug-likeness (QED) is 0.852. The third-order valence-electron chi connectivity index (χ3n) is 3.46. The summed E-state index contributed by atoms with van der Waals surface area (Å²) < 4.78 is 0. The maximum atomic E-state index is 12.3. The Balaban J connectivity index is 2.11. The zero-order chi connectivity index (χ0) is 16.8. The molecule has 1 aromatic heterocycles. The van der Waals surface area contributed by atoms with Crippen LogP contribution in [0.25, 0.3) is 0 Å². The number of benzene rings is 1. The van der Waals surface area contributed by atoms with Gasteiger partial charge in [0.25, 0.3) is 5.91 Å². The van der Waals surface area contributed by atoms with Crippen LogP contribution in [0.4, 0.5) is 11.6 Å². The van der Waals surface area contributed by atoms with Crippen LogP contribution in [0.3, 0.4) is 0 Å². The van der Waals surface area contributed by atoms with E-state index in [9.17, 15) is 4.79 Å². The number of carbonyl (C=O) groups excluding carboxylic acids is 1. The number of anilines is 2. The minimum atomic E-state index is -0.0593. The fraction of sp³-hybridized carbons (Fsp3) is 0.389. The van der Waals surface area contributed by atoms with Gasteiger partial charge in [-0.05, 0) is 51.5 Å². The Labute approximate surface area is 137 Å². The minimum absolute atomic E-state index is 0.0593. The van der Waals surface area contributed by atoms with Crippen LogP contribution in [0.1, 0.15) is 48.4 Å². The summed E-state index contributed by atoms with van der Waals surface area (Å²) in [4.78, 5) is 21.0. The Morgan fingerprint density at radius 2 is 1.87 bits per heavy atom. The maximum Gasteiger partial charge on any atom is 0.251 e. The van der Waals surface area contributed by atoms with E-state index in [4.69, 9.17) is 0 Å². The molecule has 0 saturated heterocycles. The molecule has 0 unspecified atom stereocenters. The summed E-state index contributed by atoms with van der Waals surface area (Å²) in [5.74, 6) is 0.482. The highest BCUT2D eigenvalue weighted by Crippen LogP contribution is 2.16. The van der Waals surface area contributed by atoms with E-state index in [2.05, 4.69) is 27.5 Å². The fourth-order valence-electron chi connectivity index (χ4n) is 2.46. The highest BCUT2D eigenvalue weighted by Gasteiger charge is 2.10. The van der Waals surface area contributed by atoms with E-state index in [1.54, 1.807) is 0 Å². The first-order valence-electron chi connectivity index (χ1n) is 7.98. The monoisotopic (exact) mass is 312 g/mol. The van der Waals surface area contributed by atoms with Crippen molar-refractivity contribution in [2.75, 3.05) is 5.32 Å². The largest absolute Gasteiger partial charge is 0.350 e. The first kappa shape index (κ1) is 16.9. The summed E-state index contributed by atoms with van der Waals surface area (Å²) in [5.41, 5.74) is 3.23. The fourth-order valence-corrected chi connectivity index (χ4v) is 2.46. The topological polar surface area (TPSA) is 66.9 Å². The highest BCUT2D eigenvalue weighted by atomic mass is 16.1. The maximum absolute atomic E-state index is 12.3. The van der Waals surface area contributed by atoms with E-state index in [-0.39, 0.29) is 11.9 Å². The number of carbonyl (C=O) groups is 1. The van der Waals surface area contributed by atoms with Gasteiger partial charge in [0.05, 0.1) is 0 Å². The van der Waals surface area contributed by atoms with Crippen molar-refractivity contribution in [3.63, 3.8) is 0 Å². The van der Waals surface area contributed by atoms with Crippen molar-refractivity contribution in [3.8, 4) is 0 Å². The lowest BCUT2D eigenvalue weighted by atomic mass is 10.1. The number of aryl methyl sites for hydroxylation is 2. The Morgan fingerprint density at radius 1 is 1.17 bits per heavy atom. The number of aromatic nitrogens is 2. The average molecular weight is 312 g/mol. The van der Waals surface area contributed by atoms with Gasteiger partial charge in [0.15, 0.2) is 0 Å². The number of nitrogens with zero attached hydrogens (tertiary/aromatic N) is 2. The van der Waals surface area contributed by atoms with Gasteiger partial charge in [0.2, 0.25) is 5.95 Å². The van der Waals surface area contributed by atoms with Gasteiger partial charge >= 0.3 is 0 Å². The van der Waals surface area contributed by atoms with Crippen LogP contribution in [0, 0.1) is 13.8 Å². The minimum Gasteiger partial charge on any atom is -0.350 e. The molecule has 0 aliphatic carbocycles. The third-order valence-corrected chi connectivity index (χ3v) is 3.46. The van der Waals surface area contributed by atoms with Gasteiger partial charge in [0.1, 0.15) is 0 Å². The number of rotatable bonds is 6. The second-order valence-corrected chi connectivity index (χ2v) is 5.84. The molecule has 5 heteroatoms. The molecular weight excluding hydrogens is 288 g/mol. The molecule has 0 aliphatic heterocycles. The van der Waals surface area contributed by atoms with Crippen molar-refractivity contribution in [3.05, 3.63) is 47.3 Å². The summed E-state index contributed by atoms with van der Waals surface area (Å²) in [5, 5.41) is 6.17. The molecule has 1 atom stereocenters. The lowest BCUT2D eigenvalue weighted by Gasteiger charge is -2.13. The van der Waals surface area contributed by atoms with Crippen molar-refractivity contribution in [1.29, 1.82) is 0 Å². The summed E-state index contributed by atoms with van der Waals surface area (Å²) in [6.45, 7) is 7.99. The number of amides is 1. The summed E-state index contributed by atoms with van der Waals surface area (Å²) in [6, 6.07) is 9.46. The molecule has 0 spiro atoms. The molecule has 122 valence electrons.